The normalized spacial score (nSPS) is 34.0. The minimum atomic E-state index is -2.92. The van der Waals surface area contributed by atoms with Gasteiger partial charge in [0.25, 0.3) is 0 Å². The number of benzene rings is 1. The monoisotopic (exact) mass is 513 g/mol. The van der Waals surface area contributed by atoms with Gasteiger partial charge in [0.1, 0.15) is 5.75 Å². The van der Waals surface area contributed by atoms with Gasteiger partial charge in [0, 0.05) is 18.3 Å². The number of carbonyl (C=O) groups is 5. The summed E-state index contributed by atoms with van der Waals surface area (Å²) in [6.45, 7) is 10.5. The van der Waals surface area contributed by atoms with Gasteiger partial charge in [0.2, 0.25) is 5.91 Å². The van der Waals surface area contributed by atoms with Crippen LogP contribution >= 0.6 is 0 Å². The number of carbonyl (C=O) groups excluding carboxylic acids is 5. The van der Waals surface area contributed by atoms with Crippen molar-refractivity contribution < 1.29 is 39.3 Å². The molecule has 1 amide bonds. The third-order valence-electron chi connectivity index (χ3n) is 9.63. The first kappa shape index (κ1) is 27.1. The second-order valence-corrected chi connectivity index (χ2v) is 12.5. The molecule has 0 radical (unpaired) electrons. The zero-order valence-electron chi connectivity index (χ0n) is 21.8. The maximum Gasteiger partial charge on any atom is 0.235 e. The number of hydrogen-bond acceptors (Lipinski definition) is 8. The average molecular weight is 514 g/mol. The zero-order chi connectivity index (χ0) is 27.8. The number of nitrogens with two attached hydrogens (primary N) is 1. The topological polar surface area (TPSA) is 172 Å². The number of phenolic OH excluding ortho intramolecular Hbond substituents is 1. The summed E-state index contributed by atoms with van der Waals surface area (Å²) in [5.41, 5.74) is 2.44. The molecule has 5 N–H and O–H groups in total. The molecular weight excluding hydrogens is 478 g/mol. The molecule has 200 valence electrons. The number of hydrogen-bond donors (Lipinski definition) is 4. The molecule has 2 fully saturated rings. The van der Waals surface area contributed by atoms with Crippen molar-refractivity contribution in [2.75, 3.05) is 0 Å². The van der Waals surface area contributed by atoms with Crippen LogP contribution < -0.4 is 5.73 Å². The first-order valence-electron chi connectivity index (χ1n) is 12.6. The van der Waals surface area contributed by atoms with Crippen LogP contribution in [0.15, 0.2) is 18.2 Å². The number of rotatable bonds is 4. The van der Waals surface area contributed by atoms with E-state index in [1.54, 1.807) is 12.1 Å². The Labute approximate surface area is 215 Å². The smallest absolute Gasteiger partial charge is 0.235 e. The van der Waals surface area contributed by atoms with Crippen molar-refractivity contribution in [1.82, 2.24) is 0 Å². The van der Waals surface area contributed by atoms with Crippen molar-refractivity contribution in [2.24, 2.45) is 40.2 Å². The first-order chi connectivity index (χ1) is 17.0. The van der Waals surface area contributed by atoms with E-state index in [4.69, 9.17) is 5.73 Å². The molecule has 9 heteroatoms. The minimum Gasteiger partial charge on any atom is -0.507 e. The van der Waals surface area contributed by atoms with Crippen LogP contribution in [-0.2, 0) is 19.2 Å². The molecule has 1 aromatic carbocycles. The van der Waals surface area contributed by atoms with Gasteiger partial charge >= 0.3 is 0 Å². The lowest BCUT2D eigenvalue weighted by Crippen LogP contribution is -2.72. The number of phenols is 1. The van der Waals surface area contributed by atoms with Crippen molar-refractivity contribution >= 4 is 29.0 Å². The van der Waals surface area contributed by atoms with Crippen LogP contribution in [-0.4, -0.2) is 56.1 Å². The Morgan fingerprint density at radius 1 is 1.08 bits per heavy atom. The van der Waals surface area contributed by atoms with E-state index < -0.39 is 76.8 Å². The van der Waals surface area contributed by atoms with Gasteiger partial charge in [-0.15, -0.1) is 0 Å². The molecule has 0 spiro atoms. The molecule has 0 aliphatic heterocycles. The van der Waals surface area contributed by atoms with E-state index in [0.29, 0.717) is 18.4 Å². The molecule has 0 saturated heterocycles. The van der Waals surface area contributed by atoms with Crippen molar-refractivity contribution in [3.05, 3.63) is 29.3 Å². The van der Waals surface area contributed by atoms with Gasteiger partial charge in [-0.2, -0.15) is 0 Å². The Bertz CT molecular complexity index is 1210. The van der Waals surface area contributed by atoms with E-state index in [1.165, 1.54) is 6.07 Å². The lowest BCUT2D eigenvalue weighted by molar-refractivity contribution is -0.189. The first-order valence-corrected chi connectivity index (χ1v) is 12.6. The van der Waals surface area contributed by atoms with Crippen LogP contribution in [0.5, 0.6) is 5.75 Å². The largest absolute Gasteiger partial charge is 0.507 e. The molecule has 9 nitrogen and oxygen atoms in total. The van der Waals surface area contributed by atoms with Crippen LogP contribution in [0.3, 0.4) is 0 Å². The molecule has 3 aliphatic rings. The summed E-state index contributed by atoms with van der Waals surface area (Å²) in [5.74, 6) is -12.6. The van der Waals surface area contributed by atoms with Gasteiger partial charge in [-0.05, 0) is 41.2 Å². The molecule has 4 rings (SSSR count). The van der Waals surface area contributed by atoms with Gasteiger partial charge in [0.15, 0.2) is 34.7 Å². The SMILES string of the molecule is CC(C)(C)C(C)(C)CC[C@H]1c2cccc(O)c2C(=O)C2C(=O)[C@]3(O)C(=O)C(C(N)=O)C(=O)C[C@@H]3[C@@H](O)[C@@H]21. The van der Waals surface area contributed by atoms with Gasteiger partial charge in [0.05, 0.1) is 17.6 Å². The number of aliphatic hydroxyl groups is 2. The highest BCUT2D eigenvalue weighted by Gasteiger charge is 2.70. The number of aliphatic hydroxyl groups excluding tert-OH is 1. The summed E-state index contributed by atoms with van der Waals surface area (Å²) in [6.07, 6.45) is -1.09. The van der Waals surface area contributed by atoms with Gasteiger partial charge in [-0.25, -0.2) is 0 Å². The Hall–Kier alpha value is -2.91. The minimum absolute atomic E-state index is 0.0734. The molecular formula is C28H35NO8. The Morgan fingerprint density at radius 2 is 1.70 bits per heavy atom. The second-order valence-electron chi connectivity index (χ2n) is 12.5. The maximum absolute atomic E-state index is 13.8. The van der Waals surface area contributed by atoms with E-state index in [1.807, 2.05) is 0 Å². The summed E-state index contributed by atoms with van der Waals surface area (Å²) in [6, 6.07) is 4.58. The Kier molecular flexibility index (Phi) is 6.28. The average Bonchev–Trinajstić information content (AvgIpc) is 2.77. The molecule has 1 aromatic rings. The number of ketones is 4. The van der Waals surface area contributed by atoms with Gasteiger partial charge in [-0.3, -0.25) is 24.0 Å². The molecule has 2 saturated carbocycles. The van der Waals surface area contributed by atoms with E-state index in [0.717, 1.165) is 0 Å². The third kappa shape index (κ3) is 3.77. The third-order valence-corrected chi connectivity index (χ3v) is 9.63. The predicted octanol–water partition coefficient (Wildman–Crippen LogP) is 1.69. The summed E-state index contributed by atoms with van der Waals surface area (Å²) < 4.78 is 0. The summed E-state index contributed by atoms with van der Waals surface area (Å²) >= 11 is 0. The number of aromatic hydroxyl groups is 1. The summed E-state index contributed by atoms with van der Waals surface area (Å²) in [5, 5.41) is 33.6. The second kappa shape index (κ2) is 8.56. The van der Waals surface area contributed by atoms with Crippen LogP contribution in [0.25, 0.3) is 0 Å². The van der Waals surface area contributed by atoms with Gasteiger partial charge < -0.3 is 21.1 Å². The fraction of sp³-hybridized carbons (Fsp3) is 0.607. The predicted molar refractivity (Wildman–Crippen MR) is 131 cm³/mol. The van der Waals surface area contributed by atoms with Crippen LogP contribution in [0.2, 0.25) is 0 Å². The van der Waals surface area contributed by atoms with E-state index in [-0.39, 0.29) is 22.1 Å². The van der Waals surface area contributed by atoms with E-state index in [9.17, 15) is 39.3 Å². The van der Waals surface area contributed by atoms with Crippen molar-refractivity contribution in [1.29, 1.82) is 0 Å². The van der Waals surface area contributed by atoms with Crippen molar-refractivity contribution in [3.63, 3.8) is 0 Å². The van der Waals surface area contributed by atoms with Crippen molar-refractivity contribution in [2.45, 2.75) is 71.5 Å². The maximum atomic E-state index is 13.8. The van der Waals surface area contributed by atoms with E-state index in [2.05, 4.69) is 34.6 Å². The van der Waals surface area contributed by atoms with Crippen LogP contribution in [0, 0.1) is 34.5 Å². The number of fused-ring (bicyclic) bond motifs is 3. The fourth-order valence-electron chi connectivity index (χ4n) is 6.37. The zero-order valence-corrected chi connectivity index (χ0v) is 21.8. The highest BCUT2D eigenvalue weighted by atomic mass is 16.3. The quantitative estimate of drug-likeness (QED) is 0.440. The van der Waals surface area contributed by atoms with Crippen LogP contribution in [0.1, 0.15) is 75.7 Å². The molecule has 3 aliphatic carbocycles. The van der Waals surface area contributed by atoms with Gasteiger partial charge in [-0.1, -0.05) is 46.8 Å². The molecule has 2 unspecified atom stereocenters. The lowest BCUT2D eigenvalue weighted by Gasteiger charge is -2.53. The Balaban J connectivity index is 1.86. The molecule has 0 heterocycles. The number of amides is 1. The summed E-state index contributed by atoms with van der Waals surface area (Å²) in [4.78, 5) is 65.2. The van der Waals surface area contributed by atoms with E-state index >= 15 is 0 Å². The standard InChI is InChI=1S/C28H35NO8/c1-26(2,3)27(4,5)10-9-13-12-7-6-8-15(30)17(12)22(33)20-18(13)21(32)14-11-16(31)19(25(29)36)23(34)28(14,37)24(20)35/h6-8,13-14,18-21,30,32,37H,9-11H2,1-5H3,(H2,29,36)/t13-,14+,18+,19?,20?,21+,28+/m0/s1. The number of primary amides is 1. The fourth-order valence-corrected chi connectivity index (χ4v) is 6.37. The lowest BCUT2D eigenvalue weighted by atomic mass is 9.50. The molecule has 7 atom stereocenters. The molecule has 0 bridgehead atoms. The van der Waals surface area contributed by atoms with Crippen molar-refractivity contribution in [3.8, 4) is 5.75 Å². The molecule has 37 heavy (non-hydrogen) atoms. The number of Topliss-reactive ketones (excluding diaryl/α,β-unsaturated/α-hetero) is 4. The van der Waals surface area contributed by atoms with Crippen LogP contribution in [0.4, 0.5) is 0 Å². The summed E-state index contributed by atoms with van der Waals surface area (Å²) in [7, 11) is 0. The highest BCUT2D eigenvalue weighted by Crippen LogP contribution is 2.56. The highest BCUT2D eigenvalue weighted by molar-refractivity contribution is 6.31. The Morgan fingerprint density at radius 3 is 2.27 bits per heavy atom. The molecule has 0 aromatic heterocycles.